The van der Waals surface area contributed by atoms with Gasteiger partial charge in [-0.05, 0) is 63.7 Å². The van der Waals surface area contributed by atoms with Crippen molar-refractivity contribution in [3.05, 3.63) is 24.2 Å². The van der Waals surface area contributed by atoms with Crippen molar-refractivity contribution in [2.45, 2.75) is 44.7 Å². The van der Waals surface area contributed by atoms with E-state index in [0.717, 1.165) is 18.8 Å². The molecule has 0 spiro atoms. The number of carbonyl (C=O) groups is 1. The average molecular weight is 262 g/mol. The van der Waals surface area contributed by atoms with Gasteiger partial charge < -0.3 is 9.73 Å². The molecule has 19 heavy (non-hydrogen) atoms. The number of hydrogen-bond acceptors (Lipinski definition) is 3. The van der Waals surface area contributed by atoms with Crippen LogP contribution in [0.15, 0.2) is 22.8 Å². The molecule has 104 valence electrons. The van der Waals surface area contributed by atoms with Crippen molar-refractivity contribution >= 4 is 5.91 Å². The van der Waals surface area contributed by atoms with Crippen molar-refractivity contribution in [3.8, 4) is 0 Å². The molecule has 1 saturated carbocycles. The second-order valence-electron chi connectivity index (χ2n) is 5.77. The van der Waals surface area contributed by atoms with Crippen LogP contribution in [0.1, 0.15) is 44.4 Å². The Labute approximate surface area is 114 Å². The van der Waals surface area contributed by atoms with Gasteiger partial charge in [-0.1, -0.05) is 0 Å². The van der Waals surface area contributed by atoms with Crippen molar-refractivity contribution in [1.82, 2.24) is 10.2 Å². The SMILES string of the molecule is C[C@@H](NC(=O)[C@@H](C1CC1)N1CCCC1)c1ccco1. The van der Waals surface area contributed by atoms with Gasteiger partial charge >= 0.3 is 0 Å². The van der Waals surface area contributed by atoms with E-state index < -0.39 is 0 Å². The Kier molecular flexibility index (Phi) is 3.60. The largest absolute Gasteiger partial charge is 0.467 e. The highest BCUT2D eigenvalue weighted by molar-refractivity contribution is 5.82. The van der Waals surface area contributed by atoms with Crippen LogP contribution in [0.3, 0.4) is 0 Å². The zero-order valence-electron chi connectivity index (χ0n) is 11.5. The quantitative estimate of drug-likeness (QED) is 0.886. The summed E-state index contributed by atoms with van der Waals surface area (Å²) >= 11 is 0. The highest BCUT2D eigenvalue weighted by Crippen LogP contribution is 2.37. The minimum atomic E-state index is -0.0497. The summed E-state index contributed by atoms with van der Waals surface area (Å²) in [5, 5.41) is 3.11. The lowest BCUT2D eigenvalue weighted by Gasteiger charge is -2.27. The molecule has 1 saturated heterocycles. The molecule has 2 heterocycles. The Balaban J connectivity index is 1.63. The third-order valence-electron chi connectivity index (χ3n) is 4.20. The number of amides is 1. The van der Waals surface area contributed by atoms with E-state index in [1.54, 1.807) is 6.26 Å². The van der Waals surface area contributed by atoms with Gasteiger partial charge in [0.1, 0.15) is 5.76 Å². The second-order valence-corrected chi connectivity index (χ2v) is 5.77. The summed E-state index contributed by atoms with van der Waals surface area (Å²) in [6, 6.07) is 3.80. The van der Waals surface area contributed by atoms with E-state index in [9.17, 15) is 4.79 Å². The first-order chi connectivity index (χ1) is 9.25. The lowest BCUT2D eigenvalue weighted by Crippen LogP contribution is -2.47. The van der Waals surface area contributed by atoms with Crippen molar-refractivity contribution in [2.24, 2.45) is 5.92 Å². The average Bonchev–Trinajstić information content (AvgIpc) is 2.89. The number of hydrogen-bond donors (Lipinski definition) is 1. The molecule has 1 amide bonds. The molecule has 4 nitrogen and oxygen atoms in total. The first-order valence-electron chi connectivity index (χ1n) is 7.33. The highest BCUT2D eigenvalue weighted by Gasteiger charge is 2.41. The Bertz CT molecular complexity index is 419. The molecule has 0 bridgehead atoms. The van der Waals surface area contributed by atoms with Crippen LogP contribution >= 0.6 is 0 Å². The summed E-state index contributed by atoms with van der Waals surface area (Å²) in [7, 11) is 0. The Morgan fingerprint density at radius 1 is 1.42 bits per heavy atom. The van der Waals surface area contributed by atoms with E-state index in [2.05, 4.69) is 10.2 Å². The first kappa shape index (κ1) is 12.7. The van der Waals surface area contributed by atoms with Gasteiger partial charge in [0.25, 0.3) is 0 Å². The number of nitrogens with zero attached hydrogens (tertiary/aromatic N) is 1. The molecule has 1 N–H and O–H groups in total. The number of carbonyl (C=O) groups excluding carboxylic acids is 1. The molecule has 2 aliphatic rings. The maximum Gasteiger partial charge on any atom is 0.238 e. The zero-order valence-corrected chi connectivity index (χ0v) is 11.5. The third kappa shape index (κ3) is 2.84. The van der Waals surface area contributed by atoms with Crippen molar-refractivity contribution in [1.29, 1.82) is 0 Å². The van der Waals surface area contributed by atoms with Crippen LogP contribution in [0.2, 0.25) is 0 Å². The minimum absolute atomic E-state index is 0.0497. The van der Waals surface area contributed by atoms with Gasteiger partial charge in [0, 0.05) is 0 Å². The highest BCUT2D eigenvalue weighted by atomic mass is 16.3. The lowest BCUT2D eigenvalue weighted by atomic mass is 10.1. The zero-order chi connectivity index (χ0) is 13.2. The number of rotatable bonds is 5. The Hall–Kier alpha value is -1.29. The predicted molar refractivity (Wildman–Crippen MR) is 72.6 cm³/mol. The van der Waals surface area contributed by atoms with Gasteiger partial charge in [-0.15, -0.1) is 0 Å². The normalized spacial score (nSPS) is 23.2. The molecule has 2 fully saturated rings. The summed E-state index contributed by atoms with van der Waals surface area (Å²) in [4.78, 5) is 14.9. The molecule has 1 aromatic heterocycles. The van der Waals surface area contributed by atoms with Crippen LogP contribution in [0.25, 0.3) is 0 Å². The van der Waals surface area contributed by atoms with Crippen LogP contribution in [0.4, 0.5) is 0 Å². The third-order valence-corrected chi connectivity index (χ3v) is 4.20. The van der Waals surface area contributed by atoms with Crippen LogP contribution in [-0.4, -0.2) is 29.9 Å². The van der Waals surface area contributed by atoms with E-state index in [1.165, 1.54) is 25.7 Å². The smallest absolute Gasteiger partial charge is 0.238 e. The Morgan fingerprint density at radius 2 is 2.16 bits per heavy atom. The molecule has 3 rings (SSSR count). The predicted octanol–water partition coefficient (Wildman–Crippen LogP) is 2.33. The molecule has 0 unspecified atom stereocenters. The van der Waals surface area contributed by atoms with Gasteiger partial charge in [0.05, 0.1) is 18.3 Å². The van der Waals surface area contributed by atoms with Gasteiger partial charge in [0.2, 0.25) is 5.91 Å². The first-order valence-corrected chi connectivity index (χ1v) is 7.33. The summed E-state index contributed by atoms with van der Waals surface area (Å²) in [5.74, 6) is 1.57. The summed E-state index contributed by atoms with van der Waals surface area (Å²) in [6.45, 7) is 4.12. The van der Waals surface area contributed by atoms with Crippen LogP contribution in [0, 0.1) is 5.92 Å². The summed E-state index contributed by atoms with van der Waals surface area (Å²) in [5.41, 5.74) is 0. The maximum atomic E-state index is 12.5. The van der Waals surface area contributed by atoms with Gasteiger partial charge in [0.15, 0.2) is 0 Å². The summed E-state index contributed by atoms with van der Waals surface area (Å²) < 4.78 is 5.35. The fourth-order valence-corrected chi connectivity index (χ4v) is 3.02. The molecule has 2 atom stereocenters. The number of nitrogens with one attached hydrogen (secondary N) is 1. The van der Waals surface area contributed by atoms with Gasteiger partial charge in [-0.3, -0.25) is 9.69 Å². The standard InChI is InChI=1S/C15H22N2O2/c1-11(13-5-4-10-19-13)16-15(18)14(12-6-7-12)17-8-2-3-9-17/h4-5,10-12,14H,2-3,6-9H2,1H3,(H,16,18)/t11-,14-/m1/s1. The van der Waals surface area contributed by atoms with E-state index in [4.69, 9.17) is 4.42 Å². The molecule has 0 aromatic carbocycles. The number of furan rings is 1. The molecule has 0 radical (unpaired) electrons. The van der Waals surface area contributed by atoms with Crippen LogP contribution in [0.5, 0.6) is 0 Å². The molecule has 1 aromatic rings. The van der Waals surface area contributed by atoms with Gasteiger partial charge in [-0.25, -0.2) is 0 Å². The van der Waals surface area contributed by atoms with E-state index in [1.807, 2.05) is 19.1 Å². The molecular weight excluding hydrogens is 240 g/mol. The molecule has 4 heteroatoms. The van der Waals surface area contributed by atoms with Crippen LogP contribution < -0.4 is 5.32 Å². The fourth-order valence-electron chi connectivity index (χ4n) is 3.02. The van der Waals surface area contributed by atoms with E-state index in [-0.39, 0.29) is 18.0 Å². The van der Waals surface area contributed by atoms with Crippen molar-refractivity contribution < 1.29 is 9.21 Å². The number of likely N-dealkylation sites (tertiary alicyclic amines) is 1. The molecular formula is C15H22N2O2. The fraction of sp³-hybridized carbons (Fsp3) is 0.667. The van der Waals surface area contributed by atoms with E-state index >= 15 is 0 Å². The van der Waals surface area contributed by atoms with Gasteiger partial charge in [-0.2, -0.15) is 0 Å². The monoisotopic (exact) mass is 262 g/mol. The van der Waals surface area contributed by atoms with E-state index in [0.29, 0.717) is 5.92 Å². The molecule has 1 aliphatic carbocycles. The second kappa shape index (κ2) is 5.37. The minimum Gasteiger partial charge on any atom is -0.467 e. The summed E-state index contributed by atoms with van der Waals surface area (Å²) in [6.07, 6.45) is 6.50. The topological polar surface area (TPSA) is 45.5 Å². The molecule has 1 aliphatic heterocycles. The van der Waals surface area contributed by atoms with Crippen molar-refractivity contribution in [2.75, 3.05) is 13.1 Å². The Morgan fingerprint density at radius 3 is 2.74 bits per heavy atom. The van der Waals surface area contributed by atoms with Crippen molar-refractivity contribution in [3.63, 3.8) is 0 Å². The maximum absolute atomic E-state index is 12.5. The van der Waals surface area contributed by atoms with Crippen LogP contribution in [-0.2, 0) is 4.79 Å². The lowest BCUT2D eigenvalue weighted by molar-refractivity contribution is -0.127.